The van der Waals surface area contributed by atoms with Gasteiger partial charge in [-0.1, -0.05) is 32.1 Å². The fourth-order valence-corrected chi connectivity index (χ4v) is 3.80. The van der Waals surface area contributed by atoms with Gasteiger partial charge in [-0.25, -0.2) is 0 Å². The molecule has 0 heterocycles. The molecule has 2 atom stereocenters. The molecule has 3 nitrogen and oxygen atoms in total. The SMILES string of the molecule is C=CC1C=C(OC(C)C)CCC1Cc1ccc(C(C)C)c(OC)c1OC. The molecule has 0 bridgehead atoms. The summed E-state index contributed by atoms with van der Waals surface area (Å²) < 4.78 is 17.4. The Morgan fingerprint density at radius 2 is 1.81 bits per heavy atom. The van der Waals surface area contributed by atoms with Gasteiger partial charge in [0.15, 0.2) is 11.5 Å². The average molecular weight is 359 g/mol. The molecule has 1 aromatic rings. The van der Waals surface area contributed by atoms with Crippen molar-refractivity contribution in [3.05, 3.63) is 47.7 Å². The van der Waals surface area contributed by atoms with Gasteiger partial charge in [0.1, 0.15) is 0 Å². The lowest BCUT2D eigenvalue weighted by Crippen LogP contribution is -2.20. The van der Waals surface area contributed by atoms with E-state index in [0.717, 1.165) is 36.5 Å². The van der Waals surface area contributed by atoms with Crippen LogP contribution < -0.4 is 9.47 Å². The predicted octanol–water partition coefficient (Wildman–Crippen LogP) is 5.89. The van der Waals surface area contributed by atoms with E-state index < -0.39 is 0 Å². The molecule has 0 amide bonds. The fourth-order valence-electron chi connectivity index (χ4n) is 3.80. The third-order valence-corrected chi connectivity index (χ3v) is 5.08. The maximum atomic E-state index is 5.91. The third-order valence-electron chi connectivity index (χ3n) is 5.08. The fraction of sp³-hybridized carbons (Fsp3) is 0.565. The van der Waals surface area contributed by atoms with Crippen molar-refractivity contribution < 1.29 is 14.2 Å². The molecular formula is C23H34O3. The van der Waals surface area contributed by atoms with Gasteiger partial charge >= 0.3 is 0 Å². The first-order valence-corrected chi connectivity index (χ1v) is 9.64. The summed E-state index contributed by atoms with van der Waals surface area (Å²) in [6, 6.07) is 4.37. The molecule has 26 heavy (non-hydrogen) atoms. The maximum Gasteiger partial charge on any atom is 0.164 e. The Morgan fingerprint density at radius 1 is 1.12 bits per heavy atom. The summed E-state index contributed by atoms with van der Waals surface area (Å²) in [7, 11) is 3.45. The highest BCUT2D eigenvalue weighted by atomic mass is 16.5. The molecule has 3 heteroatoms. The van der Waals surface area contributed by atoms with Crippen LogP contribution in [0.15, 0.2) is 36.6 Å². The van der Waals surface area contributed by atoms with Crippen LogP contribution in [0.4, 0.5) is 0 Å². The van der Waals surface area contributed by atoms with Crippen LogP contribution in [-0.4, -0.2) is 20.3 Å². The van der Waals surface area contributed by atoms with E-state index in [9.17, 15) is 0 Å². The molecule has 1 aliphatic carbocycles. The number of rotatable bonds is 8. The predicted molar refractivity (Wildman–Crippen MR) is 108 cm³/mol. The van der Waals surface area contributed by atoms with Crippen LogP contribution in [0.5, 0.6) is 11.5 Å². The quantitative estimate of drug-likeness (QED) is 0.542. The normalized spacial score (nSPS) is 20.1. The van der Waals surface area contributed by atoms with E-state index in [4.69, 9.17) is 14.2 Å². The average Bonchev–Trinajstić information content (AvgIpc) is 2.61. The molecule has 0 fully saturated rings. The zero-order valence-electron chi connectivity index (χ0n) is 17.2. The summed E-state index contributed by atoms with van der Waals surface area (Å²) >= 11 is 0. The van der Waals surface area contributed by atoms with Gasteiger partial charge in [-0.2, -0.15) is 0 Å². The van der Waals surface area contributed by atoms with E-state index >= 15 is 0 Å². The minimum absolute atomic E-state index is 0.219. The molecular weight excluding hydrogens is 324 g/mol. The topological polar surface area (TPSA) is 27.7 Å². The molecule has 1 aromatic carbocycles. The Kier molecular flexibility index (Phi) is 7.19. The zero-order valence-corrected chi connectivity index (χ0v) is 17.2. The Balaban J connectivity index is 2.28. The van der Waals surface area contributed by atoms with Gasteiger partial charge in [0.2, 0.25) is 0 Å². The number of ether oxygens (including phenoxy) is 3. The van der Waals surface area contributed by atoms with Crippen LogP contribution >= 0.6 is 0 Å². The Labute approximate surface area is 159 Å². The summed E-state index contributed by atoms with van der Waals surface area (Å²) in [4.78, 5) is 0. The van der Waals surface area contributed by atoms with Crippen molar-refractivity contribution in [3.8, 4) is 11.5 Å². The standard InChI is InChI=1S/C23H34O3/c1-8-17-14-20(26-16(4)5)11-9-18(17)13-19-10-12-21(15(2)3)23(25-7)22(19)24-6/h8,10,12,14-18H,1,9,11,13H2,2-7H3. The minimum atomic E-state index is 0.219. The minimum Gasteiger partial charge on any atom is -0.496 e. The Morgan fingerprint density at radius 3 is 2.35 bits per heavy atom. The molecule has 0 N–H and O–H groups in total. The molecule has 1 aliphatic rings. The lowest BCUT2D eigenvalue weighted by molar-refractivity contribution is 0.126. The lowest BCUT2D eigenvalue weighted by atomic mass is 9.79. The third kappa shape index (κ3) is 4.63. The molecule has 2 rings (SSSR count). The lowest BCUT2D eigenvalue weighted by Gasteiger charge is -2.30. The monoisotopic (exact) mass is 358 g/mol. The summed E-state index contributed by atoms with van der Waals surface area (Å²) in [6.45, 7) is 12.5. The van der Waals surface area contributed by atoms with Gasteiger partial charge in [0.25, 0.3) is 0 Å². The van der Waals surface area contributed by atoms with Gasteiger partial charge in [-0.05, 0) is 50.2 Å². The van der Waals surface area contributed by atoms with Crippen molar-refractivity contribution in [3.63, 3.8) is 0 Å². The molecule has 0 radical (unpaired) electrons. The van der Waals surface area contributed by atoms with Gasteiger partial charge in [0, 0.05) is 17.9 Å². The van der Waals surface area contributed by atoms with Crippen LogP contribution in [0, 0.1) is 11.8 Å². The number of benzene rings is 1. The summed E-state index contributed by atoms with van der Waals surface area (Å²) in [5.41, 5.74) is 2.39. The highest BCUT2D eigenvalue weighted by molar-refractivity contribution is 5.53. The number of hydrogen-bond acceptors (Lipinski definition) is 3. The molecule has 0 aromatic heterocycles. The van der Waals surface area contributed by atoms with E-state index in [-0.39, 0.29) is 6.10 Å². The van der Waals surface area contributed by atoms with Crippen molar-refractivity contribution in [2.45, 2.75) is 59.0 Å². The number of allylic oxidation sites excluding steroid dienone is 3. The second-order valence-corrected chi connectivity index (χ2v) is 7.65. The van der Waals surface area contributed by atoms with E-state index in [1.54, 1.807) is 14.2 Å². The van der Waals surface area contributed by atoms with Crippen molar-refractivity contribution in [2.24, 2.45) is 11.8 Å². The second-order valence-electron chi connectivity index (χ2n) is 7.65. The van der Waals surface area contributed by atoms with E-state index in [0.29, 0.717) is 17.8 Å². The van der Waals surface area contributed by atoms with Crippen molar-refractivity contribution in [1.29, 1.82) is 0 Å². The first-order valence-electron chi connectivity index (χ1n) is 9.64. The molecule has 2 unspecified atom stereocenters. The smallest absolute Gasteiger partial charge is 0.164 e. The molecule has 0 saturated heterocycles. The first-order chi connectivity index (χ1) is 12.4. The van der Waals surface area contributed by atoms with E-state index in [1.807, 2.05) is 6.08 Å². The van der Waals surface area contributed by atoms with E-state index in [2.05, 4.69) is 52.5 Å². The van der Waals surface area contributed by atoms with Gasteiger partial charge < -0.3 is 14.2 Å². The molecule has 144 valence electrons. The van der Waals surface area contributed by atoms with Crippen LogP contribution in [0.3, 0.4) is 0 Å². The number of hydrogen-bond donors (Lipinski definition) is 0. The van der Waals surface area contributed by atoms with Crippen LogP contribution in [0.2, 0.25) is 0 Å². The van der Waals surface area contributed by atoms with Gasteiger partial charge in [-0.15, -0.1) is 6.58 Å². The van der Waals surface area contributed by atoms with Crippen LogP contribution in [-0.2, 0) is 11.2 Å². The zero-order chi connectivity index (χ0) is 19.3. The van der Waals surface area contributed by atoms with Crippen molar-refractivity contribution in [1.82, 2.24) is 0 Å². The second kappa shape index (κ2) is 9.16. The summed E-state index contributed by atoms with van der Waals surface area (Å²) in [5, 5.41) is 0. The summed E-state index contributed by atoms with van der Waals surface area (Å²) in [5.74, 6) is 4.04. The van der Waals surface area contributed by atoms with Crippen molar-refractivity contribution >= 4 is 0 Å². The molecule has 0 spiro atoms. The van der Waals surface area contributed by atoms with E-state index in [1.165, 1.54) is 11.1 Å². The molecule has 0 aliphatic heterocycles. The number of methoxy groups -OCH3 is 2. The van der Waals surface area contributed by atoms with Crippen molar-refractivity contribution in [2.75, 3.05) is 14.2 Å². The summed E-state index contributed by atoms with van der Waals surface area (Å²) in [6.07, 6.45) is 7.52. The van der Waals surface area contributed by atoms with Crippen LogP contribution in [0.1, 0.15) is 57.6 Å². The highest BCUT2D eigenvalue weighted by Gasteiger charge is 2.26. The van der Waals surface area contributed by atoms with Gasteiger partial charge in [0.05, 0.1) is 26.1 Å². The largest absolute Gasteiger partial charge is 0.496 e. The van der Waals surface area contributed by atoms with Gasteiger partial charge in [-0.3, -0.25) is 0 Å². The highest BCUT2D eigenvalue weighted by Crippen LogP contribution is 2.41. The maximum absolute atomic E-state index is 5.91. The first kappa shape index (κ1) is 20.4. The Bertz CT molecular complexity index is 643. The molecule has 0 saturated carbocycles. The van der Waals surface area contributed by atoms with Crippen LogP contribution in [0.25, 0.3) is 0 Å². The Hall–Kier alpha value is -1.90.